The van der Waals surface area contributed by atoms with Crippen LogP contribution in [0.1, 0.15) is 5.82 Å². The highest BCUT2D eigenvalue weighted by molar-refractivity contribution is 6.57. The molecule has 0 N–H and O–H groups in total. The summed E-state index contributed by atoms with van der Waals surface area (Å²) in [5, 5.41) is 3.52. The molecule has 0 unspecified atom stereocenters. The minimum Gasteiger partial charge on any atom is -0.449 e. The molecule has 7 heteroatoms. The first-order valence-corrected chi connectivity index (χ1v) is 3.03. The van der Waals surface area contributed by atoms with E-state index in [0.29, 0.717) is 0 Å². The van der Waals surface area contributed by atoms with Gasteiger partial charge >= 0.3 is 6.98 Å². The fourth-order valence-corrected chi connectivity index (χ4v) is 0.712. The number of hydrogen-bond donors (Lipinski definition) is 0. The first kappa shape index (κ1) is 8.09. The topological polar surface area (TPSA) is 30.7 Å². The number of halogens is 3. The van der Waals surface area contributed by atoms with E-state index in [-0.39, 0.29) is 5.82 Å². The van der Waals surface area contributed by atoms with Gasteiger partial charge in [-0.15, -0.1) is 0 Å². The third kappa shape index (κ3) is 2.25. The van der Waals surface area contributed by atoms with E-state index in [9.17, 15) is 12.9 Å². The van der Waals surface area contributed by atoms with Crippen LogP contribution in [0.4, 0.5) is 12.9 Å². The van der Waals surface area contributed by atoms with Crippen LogP contribution >= 0.6 is 0 Å². The summed E-state index contributed by atoms with van der Waals surface area (Å²) in [5.41, 5.74) is 0. The number of rotatable bonds is 2. The predicted molar refractivity (Wildman–Crippen MR) is 33.8 cm³/mol. The van der Waals surface area contributed by atoms with E-state index in [0.717, 1.165) is 11.0 Å². The Kier molecular flexibility index (Phi) is 1.88. The van der Waals surface area contributed by atoms with Crippen LogP contribution < -0.4 is 0 Å². The van der Waals surface area contributed by atoms with Crippen molar-refractivity contribution in [3.8, 4) is 0 Å². The molecule has 1 aromatic heterocycles. The summed E-state index contributed by atoms with van der Waals surface area (Å²) in [4.78, 5) is 3.45. The number of nitrogens with zero attached hydrogens (tertiary/aromatic N) is 3. The highest BCUT2D eigenvalue weighted by Crippen LogP contribution is 2.13. The first-order chi connectivity index (χ1) is 4.99. The van der Waals surface area contributed by atoms with Crippen molar-refractivity contribution in [1.82, 2.24) is 14.8 Å². The fraction of sp³-hybridized carbons (Fsp3) is 0.500. The lowest BCUT2D eigenvalue weighted by molar-refractivity contribution is 0.462. The van der Waals surface area contributed by atoms with E-state index in [2.05, 4.69) is 10.1 Å². The predicted octanol–water partition coefficient (Wildman–Crippen LogP) is 0.744. The number of aryl methyl sites for hydroxylation is 1. The Hall–Kier alpha value is -1.01. The summed E-state index contributed by atoms with van der Waals surface area (Å²) in [5.74, 6) is -0.0440. The second kappa shape index (κ2) is 2.56. The van der Waals surface area contributed by atoms with Crippen LogP contribution in [0.3, 0.4) is 0 Å². The van der Waals surface area contributed by atoms with Crippen LogP contribution in [0.5, 0.6) is 0 Å². The van der Waals surface area contributed by atoms with Crippen molar-refractivity contribution < 1.29 is 12.9 Å². The molecule has 0 atom stereocenters. The minimum absolute atomic E-state index is 0.0440. The molecule has 0 aliphatic rings. The summed E-state index contributed by atoms with van der Waals surface area (Å²) >= 11 is 0. The van der Waals surface area contributed by atoms with Gasteiger partial charge in [-0.2, -0.15) is 5.10 Å². The monoisotopic (exact) mass is 164 g/mol. The zero-order valence-corrected chi connectivity index (χ0v) is 5.84. The molecule has 0 saturated heterocycles. The molecule has 1 aromatic rings. The molecule has 1 rings (SSSR count). The van der Waals surface area contributed by atoms with Crippen molar-refractivity contribution in [3.05, 3.63) is 12.2 Å². The van der Waals surface area contributed by atoms with E-state index in [1.807, 2.05) is 0 Å². The summed E-state index contributed by atoms with van der Waals surface area (Å²) in [6.07, 6.45) is 0.146. The van der Waals surface area contributed by atoms with Gasteiger partial charge < -0.3 is 12.9 Å². The zero-order valence-electron chi connectivity index (χ0n) is 5.84. The molecule has 11 heavy (non-hydrogen) atoms. The minimum atomic E-state index is -4.80. The third-order valence-electron chi connectivity index (χ3n) is 1.22. The average molecular weight is 164 g/mol. The molecule has 0 aromatic carbocycles. The maximum Gasteiger partial charge on any atom is 0.485 e. The average Bonchev–Trinajstić information content (AvgIpc) is 2.12. The van der Waals surface area contributed by atoms with Crippen molar-refractivity contribution in [3.63, 3.8) is 0 Å². The van der Waals surface area contributed by atoms with Gasteiger partial charge in [0.05, 0.1) is 0 Å². The smallest absolute Gasteiger partial charge is 0.449 e. The maximum atomic E-state index is 11.8. The summed E-state index contributed by atoms with van der Waals surface area (Å²) in [6.45, 7) is -4.80. The highest BCUT2D eigenvalue weighted by atomic mass is 19.4. The van der Waals surface area contributed by atoms with E-state index >= 15 is 0 Å². The lowest BCUT2D eigenvalue weighted by Crippen LogP contribution is -2.22. The van der Waals surface area contributed by atoms with Crippen molar-refractivity contribution >= 4 is 6.98 Å². The molecule has 0 aliphatic carbocycles. The van der Waals surface area contributed by atoms with E-state index in [1.165, 1.54) is 7.05 Å². The molecular weight excluding hydrogens is 158 g/mol. The Balaban J connectivity index is 2.72. The third-order valence-corrected chi connectivity index (χ3v) is 1.22. The zero-order chi connectivity index (χ0) is 8.48. The van der Waals surface area contributed by atoms with Crippen molar-refractivity contribution in [2.24, 2.45) is 7.05 Å². The van der Waals surface area contributed by atoms with E-state index in [1.54, 1.807) is 0 Å². The largest absolute Gasteiger partial charge is 0.485 e. The molecule has 3 nitrogen and oxygen atoms in total. The molecular formula is C4H6BF3N3-. The van der Waals surface area contributed by atoms with Crippen LogP contribution in [0.25, 0.3) is 0 Å². The molecule has 0 fully saturated rings. The standard InChI is InChI=1S/C4H6BF3N3/c1-11-4(9-3-10-11)2-5(6,7)8/h3H,2H2,1H3/q-1. The van der Waals surface area contributed by atoms with Crippen LogP contribution in [-0.2, 0) is 13.4 Å². The van der Waals surface area contributed by atoms with Gasteiger partial charge in [0, 0.05) is 7.05 Å². The van der Waals surface area contributed by atoms with Gasteiger partial charge in [-0.05, 0) is 6.32 Å². The summed E-state index contributed by atoms with van der Waals surface area (Å²) < 4.78 is 36.5. The molecule has 0 amide bonds. The Morgan fingerprint density at radius 2 is 2.18 bits per heavy atom. The number of aromatic nitrogens is 3. The van der Waals surface area contributed by atoms with Gasteiger partial charge in [0.2, 0.25) is 0 Å². The van der Waals surface area contributed by atoms with Gasteiger partial charge in [0.15, 0.2) is 0 Å². The van der Waals surface area contributed by atoms with Crippen LogP contribution in [0.15, 0.2) is 6.33 Å². The van der Waals surface area contributed by atoms with Gasteiger partial charge in [0.25, 0.3) is 0 Å². The molecule has 0 spiro atoms. The van der Waals surface area contributed by atoms with Crippen molar-refractivity contribution in [1.29, 1.82) is 0 Å². The normalized spacial score (nSPS) is 12.0. The second-order valence-corrected chi connectivity index (χ2v) is 2.21. The summed E-state index contributed by atoms with van der Waals surface area (Å²) in [6, 6.07) is 0. The van der Waals surface area contributed by atoms with Crippen molar-refractivity contribution in [2.75, 3.05) is 0 Å². The second-order valence-electron chi connectivity index (χ2n) is 2.21. The fourth-order valence-electron chi connectivity index (χ4n) is 0.712. The molecule has 0 saturated carbocycles. The van der Waals surface area contributed by atoms with Crippen LogP contribution in [0.2, 0.25) is 0 Å². The Bertz CT molecular complexity index is 243. The van der Waals surface area contributed by atoms with E-state index < -0.39 is 13.3 Å². The van der Waals surface area contributed by atoms with Gasteiger partial charge in [-0.25, -0.2) is 4.98 Å². The van der Waals surface area contributed by atoms with Gasteiger partial charge in [0.1, 0.15) is 12.2 Å². The van der Waals surface area contributed by atoms with E-state index in [4.69, 9.17) is 0 Å². The molecule has 0 aliphatic heterocycles. The summed E-state index contributed by atoms with van der Waals surface area (Å²) in [7, 11) is 1.43. The van der Waals surface area contributed by atoms with Crippen LogP contribution in [-0.4, -0.2) is 21.7 Å². The van der Waals surface area contributed by atoms with Crippen LogP contribution in [0, 0.1) is 0 Å². The van der Waals surface area contributed by atoms with Gasteiger partial charge in [-0.3, -0.25) is 4.68 Å². The first-order valence-electron chi connectivity index (χ1n) is 3.03. The Labute approximate surface area is 61.3 Å². The lowest BCUT2D eigenvalue weighted by atomic mass is 9.86. The molecule has 1 heterocycles. The number of hydrogen-bond acceptors (Lipinski definition) is 2. The lowest BCUT2D eigenvalue weighted by Gasteiger charge is -2.11. The quantitative estimate of drug-likeness (QED) is 0.603. The molecule has 62 valence electrons. The SMILES string of the molecule is Cn1ncnc1C[B-](F)(F)F. The Morgan fingerprint density at radius 1 is 1.55 bits per heavy atom. The van der Waals surface area contributed by atoms with Gasteiger partial charge in [-0.1, -0.05) is 0 Å². The Morgan fingerprint density at radius 3 is 2.55 bits per heavy atom. The highest BCUT2D eigenvalue weighted by Gasteiger charge is 2.25. The van der Waals surface area contributed by atoms with Crippen molar-refractivity contribution in [2.45, 2.75) is 6.32 Å². The molecule has 0 bridgehead atoms. The maximum absolute atomic E-state index is 11.8. The molecule has 0 radical (unpaired) electrons.